The molecule has 4 nitrogen and oxygen atoms in total. The van der Waals surface area contributed by atoms with E-state index in [1.54, 1.807) is 18.2 Å². The predicted octanol–water partition coefficient (Wildman–Crippen LogP) is 3.38. The zero-order valence-electron chi connectivity index (χ0n) is 13.6. The molecular formula is C19H17F2NO3. The Balaban J connectivity index is 1.91. The third kappa shape index (κ3) is 3.52. The summed E-state index contributed by atoms with van der Waals surface area (Å²) in [5, 5.41) is 0. The fourth-order valence-electron chi connectivity index (χ4n) is 3.01. The number of alkyl halides is 2. The van der Waals surface area contributed by atoms with Gasteiger partial charge in [-0.1, -0.05) is 42.5 Å². The first-order chi connectivity index (χ1) is 11.9. The molecule has 25 heavy (non-hydrogen) atoms. The van der Waals surface area contributed by atoms with Crippen LogP contribution >= 0.6 is 0 Å². The van der Waals surface area contributed by atoms with Crippen molar-refractivity contribution < 1.29 is 23.1 Å². The molecule has 2 aromatic carbocycles. The highest BCUT2D eigenvalue weighted by molar-refractivity contribution is 5.98. The molecule has 1 heterocycles. The summed E-state index contributed by atoms with van der Waals surface area (Å²) >= 11 is 0. The van der Waals surface area contributed by atoms with Crippen molar-refractivity contribution in [1.29, 1.82) is 0 Å². The first kappa shape index (κ1) is 17.1. The Kier molecular flexibility index (Phi) is 4.53. The van der Waals surface area contributed by atoms with Crippen LogP contribution < -0.4 is 0 Å². The summed E-state index contributed by atoms with van der Waals surface area (Å²) in [5.74, 6) is -4.54. The van der Waals surface area contributed by atoms with E-state index < -0.39 is 36.8 Å². The van der Waals surface area contributed by atoms with Crippen molar-refractivity contribution in [1.82, 2.24) is 4.90 Å². The fraction of sp³-hybridized carbons (Fsp3) is 0.263. The average Bonchev–Trinajstić information content (AvgIpc) is 2.97. The number of esters is 1. The van der Waals surface area contributed by atoms with Crippen LogP contribution in [0, 0.1) is 0 Å². The zero-order valence-corrected chi connectivity index (χ0v) is 13.6. The van der Waals surface area contributed by atoms with Crippen molar-refractivity contribution in [2.75, 3.05) is 13.7 Å². The topological polar surface area (TPSA) is 46.6 Å². The van der Waals surface area contributed by atoms with E-state index in [0.717, 1.165) is 23.1 Å². The standard InChI is InChI=1S/C19H17F2NO3/c1-25-18(24)16-11-19(20,21)12-22(16)17(23)15-9-5-8-14(10-15)13-6-3-2-4-7-13/h2-10,16H,11-12H2,1H3/t16-/m0/s1. The second kappa shape index (κ2) is 6.63. The molecule has 1 atom stereocenters. The van der Waals surface area contributed by atoms with Gasteiger partial charge in [0.2, 0.25) is 0 Å². The molecule has 0 radical (unpaired) electrons. The van der Waals surface area contributed by atoms with Gasteiger partial charge in [0.15, 0.2) is 0 Å². The minimum atomic E-state index is -3.11. The van der Waals surface area contributed by atoms with Gasteiger partial charge in [0.05, 0.1) is 13.7 Å². The van der Waals surface area contributed by atoms with E-state index in [2.05, 4.69) is 4.74 Å². The van der Waals surface area contributed by atoms with Crippen LogP contribution in [0.4, 0.5) is 8.78 Å². The minimum absolute atomic E-state index is 0.257. The summed E-state index contributed by atoms with van der Waals surface area (Å²) in [6.45, 7) is -0.791. The number of likely N-dealkylation sites (tertiary alicyclic amines) is 1. The lowest BCUT2D eigenvalue weighted by Crippen LogP contribution is -2.41. The van der Waals surface area contributed by atoms with Gasteiger partial charge in [-0.15, -0.1) is 0 Å². The van der Waals surface area contributed by atoms with Crippen molar-refractivity contribution in [3.05, 3.63) is 60.2 Å². The molecule has 3 rings (SSSR count). The average molecular weight is 345 g/mol. The number of hydrogen-bond acceptors (Lipinski definition) is 3. The number of carbonyl (C=O) groups excluding carboxylic acids is 2. The summed E-state index contributed by atoms with van der Waals surface area (Å²) in [4.78, 5) is 25.4. The normalized spacial score (nSPS) is 18.8. The van der Waals surface area contributed by atoms with Crippen molar-refractivity contribution >= 4 is 11.9 Å². The van der Waals surface area contributed by atoms with E-state index in [1.165, 1.54) is 0 Å². The van der Waals surface area contributed by atoms with Crippen LogP contribution in [-0.2, 0) is 9.53 Å². The van der Waals surface area contributed by atoms with E-state index in [1.807, 2.05) is 36.4 Å². The highest BCUT2D eigenvalue weighted by Crippen LogP contribution is 2.34. The van der Waals surface area contributed by atoms with Gasteiger partial charge < -0.3 is 9.64 Å². The summed E-state index contributed by atoms with van der Waals surface area (Å²) in [5.41, 5.74) is 1.97. The molecule has 0 saturated carbocycles. The molecule has 0 aromatic heterocycles. The number of amides is 1. The van der Waals surface area contributed by atoms with E-state index in [9.17, 15) is 18.4 Å². The molecule has 1 amide bonds. The SMILES string of the molecule is COC(=O)[C@@H]1CC(F)(F)CN1C(=O)c1cccc(-c2ccccc2)c1. The van der Waals surface area contributed by atoms with E-state index >= 15 is 0 Å². The summed E-state index contributed by atoms with van der Waals surface area (Å²) in [6, 6.07) is 14.9. The number of hydrogen-bond donors (Lipinski definition) is 0. The van der Waals surface area contributed by atoms with E-state index in [0.29, 0.717) is 0 Å². The van der Waals surface area contributed by atoms with Gasteiger partial charge in [-0.25, -0.2) is 13.6 Å². The Morgan fingerprint density at radius 2 is 1.76 bits per heavy atom. The Morgan fingerprint density at radius 1 is 1.08 bits per heavy atom. The third-order valence-electron chi connectivity index (χ3n) is 4.22. The van der Waals surface area contributed by atoms with Crippen LogP contribution in [0.5, 0.6) is 0 Å². The second-order valence-corrected chi connectivity index (χ2v) is 5.98. The number of carbonyl (C=O) groups is 2. The molecule has 1 saturated heterocycles. The number of rotatable bonds is 3. The van der Waals surface area contributed by atoms with Gasteiger partial charge in [-0.3, -0.25) is 4.79 Å². The van der Waals surface area contributed by atoms with Crippen molar-refractivity contribution in [3.63, 3.8) is 0 Å². The van der Waals surface area contributed by atoms with Gasteiger partial charge in [-0.2, -0.15) is 0 Å². The van der Waals surface area contributed by atoms with Crippen LogP contribution in [0.3, 0.4) is 0 Å². The first-order valence-corrected chi connectivity index (χ1v) is 7.83. The van der Waals surface area contributed by atoms with Crippen LogP contribution in [0.25, 0.3) is 11.1 Å². The number of benzene rings is 2. The maximum atomic E-state index is 13.8. The maximum Gasteiger partial charge on any atom is 0.328 e. The molecule has 1 aliphatic heterocycles. The van der Waals surface area contributed by atoms with Gasteiger partial charge >= 0.3 is 5.97 Å². The zero-order chi connectivity index (χ0) is 18.0. The smallest absolute Gasteiger partial charge is 0.328 e. The quantitative estimate of drug-likeness (QED) is 0.801. The molecule has 2 aromatic rings. The molecule has 0 N–H and O–H groups in total. The molecule has 0 spiro atoms. The number of nitrogens with zero attached hydrogens (tertiary/aromatic N) is 1. The fourth-order valence-corrected chi connectivity index (χ4v) is 3.01. The molecule has 130 valence electrons. The molecule has 0 bridgehead atoms. The molecule has 1 aliphatic rings. The third-order valence-corrected chi connectivity index (χ3v) is 4.22. The van der Waals surface area contributed by atoms with Gasteiger partial charge in [0.25, 0.3) is 11.8 Å². The van der Waals surface area contributed by atoms with Crippen LogP contribution in [0.2, 0.25) is 0 Å². The lowest BCUT2D eigenvalue weighted by atomic mass is 10.0. The number of halogens is 2. The molecule has 0 aliphatic carbocycles. The Labute approximate surface area is 144 Å². The number of methoxy groups -OCH3 is 1. The maximum absolute atomic E-state index is 13.8. The Hall–Kier alpha value is -2.76. The van der Waals surface area contributed by atoms with Gasteiger partial charge in [0.1, 0.15) is 6.04 Å². The largest absolute Gasteiger partial charge is 0.467 e. The summed E-state index contributed by atoms with van der Waals surface area (Å²) < 4.78 is 32.1. The first-order valence-electron chi connectivity index (χ1n) is 7.83. The van der Waals surface area contributed by atoms with Crippen molar-refractivity contribution in [2.24, 2.45) is 0 Å². The Morgan fingerprint density at radius 3 is 2.44 bits per heavy atom. The van der Waals surface area contributed by atoms with E-state index in [-0.39, 0.29) is 5.56 Å². The van der Waals surface area contributed by atoms with Crippen molar-refractivity contribution in [3.8, 4) is 11.1 Å². The predicted molar refractivity (Wildman–Crippen MR) is 88.3 cm³/mol. The van der Waals surface area contributed by atoms with Crippen LogP contribution in [0.15, 0.2) is 54.6 Å². The highest BCUT2D eigenvalue weighted by atomic mass is 19.3. The lowest BCUT2D eigenvalue weighted by Gasteiger charge is -2.22. The van der Waals surface area contributed by atoms with E-state index in [4.69, 9.17) is 0 Å². The summed E-state index contributed by atoms with van der Waals surface area (Å²) in [6.07, 6.45) is -0.718. The molecular weight excluding hydrogens is 328 g/mol. The van der Waals surface area contributed by atoms with Crippen LogP contribution in [0.1, 0.15) is 16.8 Å². The molecule has 0 unspecified atom stereocenters. The highest BCUT2D eigenvalue weighted by Gasteiger charge is 2.50. The Bertz CT molecular complexity index is 792. The minimum Gasteiger partial charge on any atom is -0.467 e. The second-order valence-electron chi connectivity index (χ2n) is 5.98. The van der Waals surface area contributed by atoms with Crippen molar-refractivity contribution in [2.45, 2.75) is 18.4 Å². The molecule has 6 heteroatoms. The monoisotopic (exact) mass is 345 g/mol. The van der Waals surface area contributed by atoms with Crippen LogP contribution in [-0.4, -0.2) is 42.4 Å². The van der Waals surface area contributed by atoms with Gasteiger partial charge in [0, 0.05) is 12.0 Å². The number of ether oxygens (including phenoxy) is 1. The molecule has 1 fully saturated rings. The lowest BCUT2D eigenvalue weighted by molar-refractivity contribution is -0.145. The van der Waals surface area contributed by atoms with Gasteiger partial charge in [-0.05, 0) is 23.3 Å². The summed E-state index contributed by atoms with van der Waals surface area (Å²) in [7, 11) is 1.12.